The van der Waals surface area contributed by atoms with Crippen LogP contribution in [0.15, 0.2) is 76.3 Å². The number of ether oxygens (including phenoxy) is 2. The Balaban J connectivity index is 1.51. The number of amides is 2. The van der Waals surface area contributed by atoms with Crippen LogP contribution < -0.4 is 14.4 Å². The van der Waals surface area contributed by atoms with Gasteiger partial charge in [0.05, 0.1) is 36.2 Å². The number of Topliss-reactive ketones (excluding diaryl/α,β-unsaturated/α-hetero) is 1. The van der Waals surface area contributed by atoms with Gasteiger partial charge < -0.3 is 14.6 Å². The summed E-state index contributed by atoms with van der Waals surface area (Å²) in [6.07, 6.45) is 5.21. The zero-order valence-corrected chi connectivity index (χ0v) is 23.9. The van der Waals surface area contributed by atoms with Crippen LogP contribution in [0.1, 0.15) is 29.9 Å². The van der Waals surface area contributed by atoms with Crippen LogP contribution in [0.4, 0.5) is 5.69 Å². The van der Waals surface area contributed by atoms with Crippen molar-refractivity contribution >= 4 is 51.1 Å². The SMILES string of the molecule is C=Cc1ccc(N2C(=O)[C@H]3[C@H](CC=C4[C@H](c5c(O)cc(OC)cc5OC)C5=C(C[C@H]43)C(=O)C(Br)=CC5=O)C2=O)cc1. The van der Waals surface area contributed by atoms with Crippen molar-refractivity contribution in [1.29, 1.82) is 0 Å². The van der Waals surface area contributed by atoms with Gasteiger partial charge in [-0.3, -0.25) is 24.1 Å². The third kappa shape index (κ3) is 4.01. The number of hydrogen-bond donors (Lipinski definition) is 1. The second-order valence-corrected chi connectivity index (χ2v) is 11.3. The van der Waals surface area contributed by atoms with E-state index in [9.17, 15) is 24.3 Å². The van der Waals surface area contributed by atoms with Gasteiger partial charge in [0.1, 0.15) is 17.2 Å². The molecule has 1 saturated heterocycles. The van der Waals surface area contributed by atoms with E-state index < -0.39 is 23.7 Å². The first-order valence-electron chi connectivity index (χ1n) is 13.1. The van der Waals surface area contributed by atoms with E-state index in [1.165, 1.54) is 31.3 Å². The molecule has 1 N–H and O–H groups in total. The lowest BCUT2D eigenvalue weighted by Crippen LogP contribution is -2.39. The van der Waals surface area contributed by atoms with E-state index in [0.717, 1.165) is 5.56 Å². The number of rotatable bonds is 5. The van der Waals surface area contributed by atoms with Crippen LogP contribution in [0, 0.1) is 17.8 Å². The Labute approximate surface area is 244 Å². The number of allylic oxidation sites excluding steroid dienone is 6. The minimum atomic E-state index is -0.859. The molecule has 0 saturated carbocycles. The van der Waals surface area contributed by atoms with Crippen molar-refractivity contribution in [3.8, 4) is 17.2 Å². The van der Waals surface area contributed by atoms with Crippen molar-refractivity contribution in [2.45, 2.75) is 18.8 Å². The summed E-state index contributed by atoms with van der Waals surface area (Å²) in [7, 11) is 2.90. The molecule has 1 heterocycles. The molecule has 8 nitrogen and oxygen atoms in total. The summed E-state index contributed by atoms with van der Waals surface area (Å²) >= 11 is 3.23. The van der Waals surface area contributed by atoms with E-state index >= 15 is 0 Å². The number of carbonyl (C=O) groups is 4. The molecular weight excluding hydrogens is 590 g/mol. The summed E-state index contributed by atoms with van der Waals surface area (Å²) in [5.41, 5.74) is 2.85. The molecule has 4 aliphatic rings. The summed E-state index contributed by atoms with van der Waals surface area (Å²) in [5.74, 6) is -3.67. The Hall–Kier alpha value is -4.24. The van der Waals surface area contributed by atoms with Gasteiger partial charge >= 0.3 is 0 Å². The molecule has 3 aliphatic carbocycles. The maximum Gasteiger partial charge on any atom is 0.238 e. The highest BCUT2D eigenvalue weighted by Crippen LogP contribution is 2.58. The Morgan fingerprint density at radius 2 is 1.76 bits per heavy atom. The monoisotopic (exact) mass is 615 g/mol. The van der Waals surface area contributed by atoms with Crippen LogP contribution in [-0.2, 0) is 19.2 Å². The van der Waals surface area contributed by atoms with Gasteiger partial charge in [0.15, 0.2) is 11.6 Å². The lowest BCUT2D eigenvalue weighted by molar-refractivity contribution is -0.123. The van der Waals surface area contributed by atoms with Crippen LogP contribution in [0.2, 0.25) is 0 Å². The molecule has 2 aromatic carbocycles. The van der Waals surface area contributed by atoms with Crippen molar-refractivity contribution < 1.29 is 33.8 Å². The number of phenols is 1. The summed E-state index contributed by atoms with van der Waals surface area (Å²) in [6, 6.07) is 10.0. The predicted molar refractivity (Wildman–Crippen MR) is 155 cm³/mol. The summed E-state index contributed by atoms with van der Waals surface area (Å²) in [5, 5.41) is 11.2. The third-order valence-corrected chi connectivity index (χ3v) is 9.15. The number of benzene rings is 2. The number of imide groups is 1. The first-order valence-corrected chi connectivity index (χ1v) is 13.9. The zero-order chi connectivity index (χ0) is 29.2. The van der Waals surface area contributed by atoms with E-state index in [4.69, 9.17) is 9.47 Å². The smallest absolute Gasteiger partial charge is 0.238 e. The Kier molecular flexibility index (Phi) is 6.57. The minimum absolute atomic E-state index is 0.119. The Bertz CT molecular complexity index is 1650. The summed E-state index contributed by atoms with van der Waals surface area (Å²) in [4.78, 5) is 55.8. The summed E-state index contributed by atoms with van der Waals surface area (Å²) in [6.45, 7) is 3.75. The Morgan fingerprint density at radius 3 is 2.41 bits per heavy atom. The van der Waals surface area contributed by atoms with Gasteiger partial charge in [-0.25, -0.2) is 0 Å². The van der Waals surface area contributed by atoms with Crippen molar-refractivity contribution in [2.24, 2.45) is 17.8 Å². The molecule has 4 atom stereocenters. The predicted octanol–water partition coefficient (Wildman–Crippen LogP) is 5.02. The number of hydrogen-bond acceptors (Lipinski definition) is 7. The number of phenolic OH excluding ortho intramolecular Hbond substituents is 1. The van der Waals surface area contributed by atoms with E-state index in [2.05, 4.69) is 22.5 Å². The number of aromatic hydroxyl groups is 1. The maximum atomic E-state index is 14.0. The molecule has 208 valence electrons. The number of nitrogens with zero attached hydrogens (tertiary/aromatic N) is 1. The summed E-state index contributed by atoms with van der Waals surface area (Å²) < 4.78 is 11.1. The lowest BCUT2D eigenvalue weighted by Gasteiger charge is -2.42. The highest BCUT2D eigenvalue weighted by molar-refractivity contribution is 9.12. The van der Waals surface area contributed by atoms with Crippen LogP contribution in [0.3, 0.4) is 0 Å². The fraction of sp³-hybridized carbons (Fsp3) is 0.250. The van der Waals surface area contributed by atoms with Gasteiger partial charge in [0.25, 0.3) is 0 Å². The Morgan fingerprint density at radius 1 is 1.02 bits per heavy atom. The van der Waals surface area contributed by atoms with Crippen molar-refractivity contribution in [3.05, 3.63) is 87.5 Å². The van der Waals surface area contributed by atoms with Crippen LogP contribution in [0.25, 0.3) is 6.08 Å². The van der Waals surface area contributed by atoms with E-state index in [0.29, 0.717) is 22.6 Å². The molecule has 0 aromatic heterocycles. The van der Waals surface area contributed by atoms with Gasteiger partial charge in [0.2, 0.25) is 11.8 Å². The van der Waals surface area contributed by atoms with Crippen LogP contribution in [-0.4, -0.2) is 42.7 Å². The van der Waals surface area contributed by atoms with Crippen molar-refractivity contribution in [3.63, 3.8) is 0 Å². The molecule has 0 spiro atoms. The first-order chi connectivity index (χ1) is 19.7. The normalized spacial score (nSPS) is 25.3. The minimum Gasteiger partial charge on any atom is -0.507 e. The fourth-order valence-electron chi connectivity index (χ4n) is 6.72. The van der Waals surface area contributed by atoms with Crippen molar-refractivity contribution in [2.75, 3.05) is 19.1 Å². The van der Waals surface area contributed by atoms with E-state index in [-0.39, 0.29) is 63.4 Å². The fourth-order valence-corrected chi connectivity index (χ4v) is 7.16. The van der Waals surface area contributed by atoms with Crippen LogP contribution in [0.5, 0.6) is 17.2 Å². The molecule has 1 fully saturated rings. The molecule has 0 bridgehead atoms. The van der Waals surface area contributed by atoms with E-state index in [1.54, 1.807) is 36.4 Å². The maximum absolute atomic E-state index is 14.0. The number of halogens is 1. The number of methoxy groups -OCH3 is 2. The highest BCUT2D eigenvalue weighted by Gasteiger charge is 2.57. The molecule has 41 heavy (non-hydrogen) atoms. The van der Waals surface area contributed by atoms with Gasteiger partial charge in [0, 0.05) is 40.8 Å². The number of fused-ring (bicyclic) bond motifs is 3. The topological polar surface area (TPSA) is 110 Å². The molecule has 2 amide bonds. The standard InChI is InChI=1S/C32H26BrNO7/c1-4-15-5-7-16(8-6-15)34-31(38)19-10-9-18-20(26(19)32(34)39)13-21-27(24(36)14-22(33)30(21)37)28(18)29-23(35)11-17(40-2)12-25(29)41-3/h4-9,11-12,14,19-20,26,28,35H,1,10,13H2,2-3H3/t19-,20+,26-,28-/m0/s1. The van der Waals surface area contributed by atoms with Gasteiger partial charge in [-0.1, -0.05) is 36.4 Å². The number of carbonyl (C=O) groups excluding carboxylic acids is 4. The van der Waals surface area contributed by atoms with Gasteiger partial charge in [-0.2, -0.15) is 0 Å². The molecule has 0 radical (unpaired) electrons. The second-order valence-electron chi connectivity index (χ2n) is 10.5. The average molecular weight is 616 g/mol. The highest BCUT2D eigenvalue weighted by atomic mass is 79.9. The zero-order valence-electron chi connectivity index (χ0n) is 22.3. The quantitative estimate of drug-likeness (QED) is 0.286. The molecule has 6 rings (SSSR count). The van der Waals surface area contributed by atoms with Gasteiger partial charge in [-0.15, -0.1) is 0 Å². The molecule has 9 heteroatoms. The average Bonchev–Trinajstić information content (AvgIpc) is 3.24. The third-order valence-electron chi connectivity index (χ3n) is 8.56. The second kappa shape index (κ2) is 9.99. The van der Waals surface area contributed by atoms with Gasteiger partial charge in [-0.05, 0) is 52.4 Å². The molecule has 1 aliphatic heterocycles. The molecule has 0 unspecified atom stereocenters. The largest absolute Gasteiger partial charge is 0.507 e. The van der Waals surface area contributed by atoms with Crippen LogP contribution >= 0.6 is 15.9 Å². The first kappa shape index (κ1) is 27.0. The van der Waals surface area contributed by atoms with Crippen molar-refractivity contribution in [1.82, 2.24) is 0 Å². The van der Waals surface area contributed by atoms with E-state index in [1.807, 2.05) is 6.08 Å². The lowest BCUT2D eigenvalue weighted by atomic mass is 9.59. The molecular formula is C32H26BrNO7. The molecule has 2 aromatic rings. The number of anilines is 1. The number of ketones is 2.